The zero-order valence-corrected chi connectivity index (χ0v) is 10.4. The van der Waals surface area contributed by atoms with E-state index in [4.69, 9.17) is 33.2 Å². The van der Waals surface area contributed by atoms with E-state index in [1.165, 1.54) is 0 Å². The molecule has 0 aliphatic heterocycles. The first-order chi connectivity index (χ1) is 3.42. The van der Waals surface area contributed by atoms with Gasteiger partial charge in [0.2, 0.25) is 0 Å². The fraction of sp³-hybridized carbons (Fsp3) is 0. The standard InChI is InChI=1S/Cl3HO3SSi.Na/c1-8(2,3)6-7(4)5;/h(H,4,5);/q;+1/p-1. The second-order valence-electron chi connectivity index (χ2n) is 0.733. The monoisotopic (exact) mass is 236 g/mol. The molecule has 0 spiro atoms. The molecule has 0 N–H and O–H groups in total. The third-order valence-electron chi connectivity index (χ3n) is 0.163. The van der Waals surface area contributed by atoms with Crippen molar-refractivity contribution in [3.8, 4) is 0 Å². The Balaban J connectivity index is 0. The molecule has 0 radical (unpaired) electrons. The summed E-state index contributed by atoms with van der Waals surface area (Å²) in [4.78, 5) is 0. The van der Waals surface area contributed by atoms with E-state index in [0.29, 0.717) is 0 Å². The van der Waals surface area contributed by atoms with Gasteiger partial charge in [0.15, 0.2) is 0 Å². The van der Waals surface area contributed by atoms with Gasteiger partial charge in [-0.1, -0.05) is 33.2 Å². The summed E-state index contributed by atoms with van der Waals surface area (Å²) in [6.07, 6.45) is -3.42. The van der Waals surface area contributed by atoms with Crippen molar-refractivity contribution >= 4 is 50.8 Å². The van der Waals surface area contributed by atoms with Crippen LogP contribution in [0.1, 0.15) is 0 Å². The minimum absolute atomic E-state index is 0. The van der Waals surface area contributed by atoms with Crippen molar-refractivity contribution in [3.05, 3.63) is 0 Å². The van der Waals surface area contributed by atoms with Gasteiger partial charge in [0.05, 0.1) is 11.4 Å². The maximum Gasteiger partial charge on any atom is 1.00 e. The van der Waals surface area contributed by atoms with E-state index in [0.717, 1.165) is 0 Å². The summed E-state index contributed by atoms with van der Waals surface area (Å²) < 4.78 is 22.9. The van der Waals surface area contributed by atoms with E-state index in [2.05, 4.69) is 3.87 Å². The molecule has 9 heavy (non-hydrogen) atoms. The summed E-state index contributed by atoms with van der Waals surface area (Å²) in [7, 11) is 0. The van der Waals surface area contributed by atoms with Gasteiger partial charge >= 0.3 is 35.8 Å². The van der Waals surface area contributed by atoms with E-state index in [-0.39, 0.29) is 29.6 Å². The average molecular weight is 237 g/mol. The predicted molar refractivity (Wildman–Crippen MR) is 33.3 cm³/mol. The summed E-state index contributed by atoms with van der Waals surface area (Å²) in [6, 6.07) is 0. The first-order valence-electron chi connectivity index (χ1n) is 1.27. The van der Waals surface area contributed by atoms with Gasteiger partial charge in [0, 0.05) is 0 Å². The molecule has 0 saturated heterocycles. The summed E-state index contributed by atoms with van der Waals surface area (Å²) in [5.41, 5.74) is 0. The predicted octanol–water partition coefficient (Wildman–Crippen LogP) is -2.05. The van der Waals surface area contributed by atoms with Crippen molar-refractivity contribution in [2.75, 3.05) is 0 Å². The summed E-state index contributed by atoms with van der Waals surface area (Å²) in [5.74, 6) is 0. The Kier molecular flexibility index (Phi) is 8.79. The Morgan fingerprint density at radius 3 is 1.78 bits per heavy atom. The number of rotatable bonds is 2. The van der Waals surface area contributed by atoms with Crippen molar-refractivity contribution in [2.45, 2.75) is 0 Å². The summed E-state index contributed by atoms with van der Waals surface area (Å²) in [5, 5.41) is 0. The van der Waals surface area contributed by atoms with Crippen LogP contribution in [0.5, 0.6) is 0 Å². The maximum absolute atomic E-state index is 9.57. The van der Waals surface area contributed by atoms with Gasteiger partial charge in [0.25, 0.3) is 0 Å². The second kappa shape index (κ2) is 5.76. The molecule has 0 amide bonds. The Labute approximate surface area is 92.0 Å². The van der Waals surface area contributed by atoms with Crippen LogP contribution < -0.4 is 29.6 Å². The molecule has 9 heteroatoms. The van der Waals surface area contributed by atoms with Crippen LogP contribution in [-0.4, -0.2) is 15.0 Å². The molecule has 0 aromatic rings. The second-order valence-corrected chi connectivity index (χ2v) is 9.23. The molecular formula is Cl3NaO3SSi. The molecule has 50 valence electrons. The molecule has 1 unspecified atom stereocenters. The summed E-state index contributed by atoms with van der Waals surface area (Å²) >= 11 is 12.2. The van der Waals surface area contributed by atoms with E-state index >= 15 is 0 Å². The Morgan fingerprint density at radius 2 is 1.78 bits per heavy atom. The molecule has 0 fully saturated rings. The van der Waals surface area contributed by atoms with Crippen LogP contribution in [-0.2, 0) is 15.2 Å². The minimum atomic E-state index is -3.42. The van der Waals surface area contributed by atoms with Crippen LogP contribution in [0, 0.1) is 0 Å². The molecule has 0 aromatic heterocycles. The number of halogens is 3. The molecule has 0 bridgehead atoms. The van der Waals surface area contributed by atoms with E-state index < -0.39 is 17.6 Å². The number of hydrogen-bond donors (Lipinski definition) is 0. The van der Waals surface area contributed by atoms with Gasteiger partial charge in [-0.05, 0) is 0 Å². The Hall–Kier alpha value is 2.16. The third kappa shape index (κ3) is 13.2. The van der Waals surface area contributed by atoms with Crippen LogP contribution in [0.4, 0.5) is 0 Å². The van der Waals surface area contributed by atoms with Crippen molar-refractivity contribution in [2.24, 2.45) is 0 Å². The fourth-order valence-corrected chi connectivity index (χ4v) is 2.08. The fourth-order valence-electron chi connectivity index (χ4n) is 0.0772. The molecule has 0 saturated carbocycles. The molecular weight excluding hydrogens is 237 g/mol. The zero-order chi connectivity index (χ0) is 6.78. The summed E-state index contributed by atoms with van der Waals surface area (Å²) in [6.45, 7) is 0. The molecule has 1 atom stereocenters. The topological polar surface area (TPSA) is 49.4 Å². The molecule has 3 nitrogen and oxygen atoms in total. The molecule has 0 aliphatic carbocycles. The quantitative estimate of drug-likeness (QED) is 0.316. The van der Waals surface area contributed by atoms with Crippen molar-refractivity contribution < 1.29 is 42.2 Å². The van der Waals surface area contributed by atoms with Crippen LogP contribution in [0.25, 0.3) is 0 Å². The van der Waals surface area contributed by atoms with Crippen LogP contribution in [0.3, 0.4) is 0 Å². The first-order valence-corrected chi connectivity index (χ1v) is 7.21. The third-order valence-corrected chi connectivity index (χ3v) is 3.16. The molecule has 0 aliphatic rings. The maximum atomic E-state index is 9.57. The Bertz CT molecular complexity index is 102. The normalized spacial score (nSPS) is 14.2. The average Bonchev–Trinajstić information content (AvgIpc) is 1.21. The van der Waals surface area contributed by atoms with Gasteiger partial charge in [-0.15, -0.1) is 0 Å². The van der Waals surface area contributed by atoms with E-state index in [1.807, 2.05) is 0 Å². The van der Waals surface area contributed by atoms with Gasteiger partial charge in [-0.2, -0.15) is 0 Å². The largest absolute Gasteiger partial charge is 1.00 e. The number of hydrogen-bond acceptors (Lipinski definition) is 3. The van der Waals surface area contributed by atoms with Crippen molar-refractivity contribution in [1.82, 2.24) is 0 Å². The van der Waals surface area contributed by atoms with Crippen LogP contribution in [0.15, 0.2) is 0 Å². The smallest absolute Gasteiger partial charge is 0.750 e. The van der Waals surface area contributed by atoms with Crippen molar-refractivity contribution in [1.29, 1.82) is 0 Å². The van der Waals surface area contributed by atoms with E-state index in [9.17, 15) is 8.76 Å². The van der Waals surface area contributed by atoms with Crippen LogP contribution in [0.2, 0.25) is 0 Å². The molecule has 0 heterocycles. The van der Waals surface area contributed by atoms with Gasteiger partial charge in [0.1, 0.15) is 0 Å². The SMILES string of the molecule is O=S([O-])O[Si](Cl)(Cl)Cl.[Na+]. The molecule has 0 aromatic carbocycles. The first kappa shape index (κ1) is 13.7. The van der Waals surface area contributed by atoms with Gasteiger partial charge in [-0.25, -0.2) is 4.21 Å². The van der Waals surface area contributed by atoms with Crippen molar-refractivity contribution in [3.63, 3.8) is 0 Å². The Morgan fingerprint density at radius 1 is 1.44 bits per heavy atom. The zero-order valence-electron chi connectivity index (χ0n) is 4.27. The van der Waals surface area contributed by atoms with Crippen LogP contribution >= 0.6 is 33.2 Å². The van der Waals surface area contributed by atoms with Gasteiger partial charge < -0.3 is 4.55 Å². The van der Waals surface area contributed by atoms with E-state index in [1.54, 1.807) is 0 Å². The molecule has 0 rings (SSSR count). The van der Waals surface area contributed by atoms with Gasteiger partial charge in [-0.3, -0.25) is 3.87 Å². The minimum Gasteiger partial charge on any atom is -0.750 e.